The normalized spacial score (nSPS) is 12.0. The number of nitrogens with zero attached hydrogens (tertiary/aromatic N) is 1. The number of hydrogen-bond donors (Lipinski definition) is 1. The quantitative estimate of drug-likeness (QED) is 0.869. The maximum atomic E-state index is 12.4. The largest absolute Gasteiger partial charge is 0.480 e. The van der Waals surface area contributed by atoms with Gasteiger partial charge in [-0.1, -0.05) is 30.7 Å². The second-order valence-corrected chi connectivity index (χ2v) is 5.28. The monoisotopic (exact) mass is 277 g/mol. The molecule has 4 nitrogen and oxygen atoms in total. The van der Waals surface area contributed by atoms with Crippen LogP contribution in [0, 0.1) is 13.8 Å². The van der Waals surface area contributed by atoms with Crippen LogP contribution in [-0.4, -0.2) is 34.5 Å². The minimum atomic E-state index is -0.973. The van der Waals surface area contributed by atoms with Crippen LogP contribution in [0.3, 0.4) is 0 Å². The summed E-state index contributed by atoms with van der Waals surface area (Å²) in [5.41, 5.74) is 3.13. The van der Waals surface area contributed by atoms with E-state index < -0.39 is 5.97 Å². The Morgan fingerprint density at radius 1 is 1.30 bits per heavy atom. The molecule has 20 heavy (non-hydrogen) atoms. The second kappa shape index (κ2) is 7.08. The van der Waals surface area contributed by atoms with E-state index in [4.69, 9.17) is 5.11 Å². The summed E-state index contributed by atoms with van der Waals surface area (Å²) in [6.45, 7) is 7.54. The van der Waals surface area contributed by atoms with Gasteiger partial charge in [-0.05, 0) is 38.3 Å². The molecule has 1 amide bonds. The zero-order chi connectivity index (χ0) is 15.3. The summed E-state index contributed by atoms with van der Waals surface area (Å²) in [6.07, 6.45) is 0.997. The number of carboxylic acids is 1. The Balaban J connectivity index is 2.90. The predicted octanol–water partition coefficient (Wildman–Crippen LogP) is 2.56. The zero-order valence-electron chi connectivity index (χ0n) is 12.6. The van der Waals surface area contributed by atoms with Gasteiger partial charge in [-0.25, -0.2) is 0 Å². The molecule has 1 atom stereocenters. The van der Waals surface area contributed by atoms with Crippen LogP contribution in [0.5, 0.6) is 0 Å². The molecule has 0 bridgehead atoms. The summed E-state index contributed by atoms with van der Waals surface area (Å²) in [5.74, 6) is -1.10. The Morgan fingerprint density at radius 2 is 1.95 bits per heavy atom. The zero-order valence-corrected chi connectivity index (χ0v) is 12.6. The van der Waals surface area contributed by atoms with Gasteiger partial charge in [-0.15, -0.1) is 0 Å². The number of aliphatic carboxylic acids is 1. The fraction of sp³-hybridized carbons (Fsp3) is 0.500. The molecule has 0 aliphatic carbocycles. The first-order valence-electron chi connectivity index (χ1n) is 6.92. The lowest BCUT2D eigenvalue weighted by Gasteiger charge is -2.27. The highest BCUT2D eigenvalue weighted by molar-refractivity contribution is 5.83. The molecule has 1 aromatic carbocycles. The van der Waals surface area contributed by atoms with E-state index in [2.05, 4.69) is 0 Å². The van der Waals surface area contributed by atoms with Gasteiger partial charge < -0.3 is 10.0 Å². The average molecular weight is 277 g/mol. The van der Waals surface area contributed by atoms with E-state index in [0.717, 1.165) is 23.1 Å². The van der Waals surface area contributed by atoms with Crippen LogP contribution in [-0.2, 0) is 16.0 Å². The molecule has 1 rings (SSSR count). The number of aryl methyl sites for hydroxylation is 2. The number of amides is 1. The maximum absolute atomic E-state index is 12.4. The molecular weight excluding hydrogens is 254 g/mol. The van der Waals surface area contributed by atoms with Crippen molar-refractivity contribution in [1.29, 1.82) is 0 Å². The van der Waals surface area contributed by atoms with Gasteiger partial charge in [-0.2, -0.15) is 0 Å². The lowest BCUT2D eigenvalue weighted by Crippen LogP contribution is -2.42. The van der Waals surface area contributed by atoms with Gasteiger partial charge in [0.25, 0.3) is 0 Å². The summed E-state index contributed by atoms with van der Waals surface area (Å²) in [7, 11) is 0. The van der Waals surface area contributed by atoms with Crippen LogP contribution in [0.25, 0.3) is 0 Å². The minimum absolute atomic E-state index is 0.0660. The Kier molecular flexibility index (Phi) is 5.74. The van der Waals surface area contributed by atoms with Gasteiger partial charge in [0.1, 0.15) is 6.54 Å². The van der Waals surface area contributed by atoms with Gasteiger partial charge >= 0.3 is 5.97 Å². The number of benzene rings is 1. The van der Waals surface area contributed by atoms with Crippen molar-refractivity contribution < 1.29 is 14.7 Å². The number of rotatable bonds is 6. The fourth-order valence-electron chi connectivity index (χ4n) is 2.11. The molecule has 1 unspecified atom stereocenters. The summed E-state index contributed by atoms with van der Waals surface area (Å²) in [5, 5.41) is 8.95. The fourth-order valence-corrected chi connectivity index (χ4v) is 2.11. The van der Waals surface area contributed by atoms with Gasteiger partial charge in [-0.3, -0.25) is 9.59 Å². The molecule has 0 aromatic heterocycles. The topological polar surface area (TPSA) is 57.6 Å². The van der Waals surface area contributed by atoms with Crippen LogP contribution >= 0.6 is 0 Å². The highest BCUT2D eigenvalue weighted by Crippen LogP contribution is 2.14. The summed E-state index contributed by atoms with van der Waals surface area (Å²) in [4.78, 5) is 24.7. The summed E-state index contributed by atoms with van der Waals surface area (Å²) >= 11 is 0. The second-order valence-electron chi connectivity index (χ2n) is 5.28. The molecule has 0 saturated heterocycles. The molecule has 0 aliphatic heterocycles. The van der Waals surface area contributed by atoms with Crippen molar-refractivity contribution in [2.75, 3.05) is 6.54 Å². The minimum Gasteiger partial charge on any atom is -0.480 e. The van der Waals surface area contributed by atoms with Crippen LogP contribution in [0.15, 0.2) is 18.2 Å². The summed E-state index contributed by atoms with van der Waals surface area (Å²) in [6, 6.07) is 5.92. The van der Waals surface area contributed by atoms with Crippen LogP contribution in [0.1, 0.15) is 37.0 Å². The molecule has 0 radical (unpaired) electrons. The predicted molar refractivity (Wildman–Crippen MR) is 78.7 cm³/mol. The lowest BCUT2D eigenvalue weighted by molar-refractivity contribution is -0.145. The van der Waals surface area contributed by atoms with Crippen molar-refractivity contribution in [1.82, 2.24) is 4.90 Å². The Bertz CT molecular complexity index is 496. The van der Waals surface area contributed by atoms with Crippen molar-refractivity contribution >= 4 is 11.9 Å². The third-order valence-electron chi connectivity index (χ3n) is 3.60. The first-order chi connectivity index (χ1) is 9.35. The number of hydrogen-bond acceptors (Lipinski definition) is 2. The maximum Gasteiger partial charge on any atom is 0.323 e. The van der Waals surface area contributed by atoms with Crippen LogP contribution in [0.2, 0.25) is 0 Å². The molecule has 1 N–H and O–H groups in total. The van der Waals surface area contributed by atoms with E-state index in [-0.39, 0.29) is 24.9 Å². The van der Waals surface area contributed by atoms with Crippen molar-refractivity contribution in [3.05, 3.63) is 34.9 Å². The van der Waals surface area contributed by atoms with E-state index in [9.17, 15) is 9.59 Å². The van der Waals surface area contributed by atoms with Gasteiger partial charge in [0.15, 0.2) is 0 Å². The van der Waals surface area contributed by atoms with Crippen LogP contribution < -0.4 is 0 Å². The van der Waals surface area contributed by atoms with Gasteiger partial charge in [0.05, 0.1) is 6.42 Å². The van der Waals surface area contributed by atoms with Gasteiger partial charge in [0, 0.05) is 6.04 Å². The van der Waals surface area contributed by atoms with Crippen LogP contribution in [0.4, 0.5) is 0 Å². The molecular formula is C16H23NO3. The Hall–Kier alpha value is -1.84. The first kappa shape index (κ1) is 16.2. The average Bonchev–Trinajstić information content (AvgIpc) is 2.39. The molecule has 1 aromatic rings. The van der Waals surface area contributed by atoms with Crippen molar-refractivity contribution in [2.24, 2.45) is 0 Å². The van der Waals surface area contributed by atoms with E-state index in [1.165, 1.54) is 4.90 Å². The molecule has 0 saturated carbocycles. The van der Waals surface area contributed by atoms with E-state index in [0.29, 0.717) is 0 Å². The standard InChI is InChI=1S/C16H23NO3/c1-5-13(4)17(10-16(19)20)15(18)9-14-8-11(2)6-7-12(14)3/h6-8,13H,5,9-10H2,1-4H3,(H,19,20). The summed E-state index contributed by atoms with van der Waals surface area (Å²) < 4.78 is 0. The SMILES string of the molecule is CCC(C)N(CC(=O)O)C(=O)Cc1cc(C)ccc1C. The lowest BCUT2D eigenvalue weighted by atomic mass is 10.0. The third-order valence-corrected chi connectivity index (χ3v) is 3.60. The van der Waals surface area contributed by atoms with Crippen molar-refractivity contribution in [2.45, 2.75) is 46.6 Å². The van der Waals surface area contributed by atoms with Crippen molar-refractivity contribution in [3.8, 4) is 0 Å². The highest BCUT2D eigenvalue weighted by Gasteiger charge is 2.22. The first-order valence-corrected chi connectivity index (χ1v) is 6.92. The Labute approximate surface area is 120 Å². The van der Waals surface area contributed by atoms with E-state index >= 15 is 0 Å². The van der Waals surface area contributed by atoms with Gasteiger partial charge in [0.2, 0.25) is 5.91 Å². The third kappa shape index (κ3) is 4.37. The van der Waals surface area contributed by atoms with E-state index in [1.807, 2.05) is 45.9 Å². The molecule has 110 valence electrons. The molecule has 0 spiro atoms. The molecule has 0 heterocycles. The van der Waals surface area contributed by atoms with Crippen molar-refractivity contribution in [3.63, 3.8) is 0 Å². The molecule has 0 aliphatic rings. The van der Waals surface area contributed by atoms with E-state index in [1.54, 1.807) is 0 Å². The number of carboxylic acid groups (broad SMARTS) is 1. The number of carbonyl (C=O) groups is 2. The number of carbonyl (C=O) groups excluding carboxylic acids is 1. The highest BCUT2D eigenvalue weighted by atomic mass is 16.4. The molecule has 0 fully saturated rings. The Morgan fingerprint density at radius 3 is 2.50 bits per heavy atom. The molecule has 4 heteroatoms. The smallest absolute Gasteiger partial charge is 0.323 e.